The first-order valence-corrected chi connectivity index (χ1v) is 15.0. The number of nitrogens with zero attached hydrogens (tertiary/aromatic N) is 3. The van der Waals surface area contributed by atoms with Gasteiger partial charge in [0.15, 0.2) is 5.75 Å². The highest BCUT2D eigenvalue weighted by molar-refractivity contribution is 7.89. The van der Waals surface area contributed by atoms with Crippen molar-refractivity contribution in [2.45, 2.75) is 62.2 Å². The number of ether oxygens (including phenoxy) is 2. The molecule has 40 heavy (non-hydrogen) atoms. The number of nitro groups is 1. The number of sulfonamides is 2. The van der Waals surface area contributed by atoms with Crippen LogP contribution in [0.1, 0.15) is 52.7 Å². The van der Waals surface area contributed by atoms with Gasteiger partial charge >= 0.3 is 5.69 Å². The van der Waals surface area contributed by atoms with Gasteiger partial charge in [-0.2, -0.15) is 0 Å². The molecule has 0 radical (unpaired) electrons. The zero-order valence-corrected chi connectivity index (χ0v) is 26.9. The molecule has 2 aromatic carbocycles. The lowest BCUT2D eigenvalue weighted by atomic mass is 9.87. The Labute approximate surface area is 238 Å². The molecule has 0 bridgehead atoms. The number of nitrogen functional groups attached to an aromatic ring is 1. The highest BCUT2D eigenvalue weighted by atomic mass is 32.2. The SMILES string of the molecule is COc1c(N)cc(C(C)(C)C)cc1S(=O)(=O)N(C)C.COc1c([N+](=O)[O-])cc(C(C)(C)C)cc1S(=O)(=O)N(C)C. The first-order valence-electron chi connectivity index (χ1n) is 12.1. The number of rotatable bonds is 7. The molecule has 2 N–H and O–H groups in total. The second kappa shape index (κ2) is 12.3. The lowest BCUT2D eigenvalue weighted by molar-refractivity contribution is -0.386. The van der Waals surface area contributed by atoms with Gasteiger partial charge in [0.1, 0.15) is 9.79 Å². The summed E-state index contributed by atoms with van der Waals surface area (Å²) in [5, 5.41) is 11.2. The van der Waals surface area contributed by atoms with Gasteiger partial charge in [0.05, 0.1) is 24.8 Å². The summed E-state index contributed by atoms with van der Waals surface area (Å²) in [5.74, 6) is -0.0524. The van der Waals surface area contributed by atoms with E-state index in [1.54, 1.807) is 12.1 Å². The zero-order valence-electron chi connectivity index (χ0n) is 25.3. The van der Waals surface area contributed by atoms with Gasteiger partial charge in [0, 0.05) is 34.3 Å². The van der Waals surface area contributed by atoms with Crippen LogP contribution in [0.5, 0.6) is 11.5 Å². The highest BCUT2D eigenvalue weighted by Crippen LogP contribution is 2.40. The maximum Gasteiger partial charge on any atom is 0.312 e. The molecule has 0 aliphatic carbocycles. The number of nitrogens with two attached hydrogens (primary N) is 1. The summed E-state index contributed by atoms with van der Waals surface area (Å²) in [4.78, 5) is 10.5. The molecule has 0 saturated heterocycles. The van der Waals surface area contributed by atoms with E-state index in [0.29, 0.717) is 11.3 Å². The monoisotopic (exact) mass is 602 g/mol. The molecule has 0 spiro atoms. The van der Waals surface area contributed by atoms with Gasteiger partial charge in [0.2, 0.25) is 25.8 Å². The number of benzene rings is 2. The third kappa shape index (κ3) is 7.62. The molecule has 0 amide bonds. The summed E-state index contributed by atoms with van der Waals surface area (Å²) >= 11 is 0. The Balaban J connectivity index is 0.000000402. The van der Waals surface area contributed by atoms with Crippen LogP contribution in [-0.4, -0.2) is 72.8 Å². The van der Waals surface area contributed by atoms with E-state index in [1.807, 2.05) is 41.5 Å². The first kappa shape index (κ1) is 35.1. The van der Waals surface area contributed by atoms with Crippen LogP contribution in [0, 0.1) is 10.1 Å². The average Bonchev–Trinajstić information content (AvgIpc) is 2.81. The van der Waals surface area contributed by atoms with Crippen LogP contribution in [0.3, 0.4) is 0 Å². The fourth-order valence-corrected chi connectivity index (χ4v) is 5.61. The van der Waals surface area contributed by atoms with Crippen molar-refractivity contribution in [1.82, 2.24) is 8.61 Å². The third-order valence-corrected chi connectivity index (χ3v) is 9.61. The summed E-state index contributed by atoms with van der Waals surface area (Å²) in [6.45, 7) is 11.6. The van der Waals surface area contributed by atoms with Gasteiger partial charge in [-0.25, -0.2) is 25.4 Å². The fraction of sp³-hybridized carbons (Fsp3) is 0.538. The lowest BCUT2D eigenvalue weighted by Gasteiger charge is -2.23. The predicted molar refractivity (Wildman–Crippen MR) is 156 cm³/mol. The number of nitro benzene ring substituents is 1. The molecule has 14 heteroatoms. The van der Waals surface area contributed by atoms with E-state index in [9.17, 15) is 26.9 Å². The van der Waals surface area contributed by atoms with Crippen molar-refractivity contribution in [3.05, 3.63) is 45.5 Å². The smallest absolute Gasteiger partial charge is 0.312 e. The molecule has 0 atom stereocenters. The van der Waals surface area contributed by atoms with Crippen molar-refractivity contribution < 1.29 is 31.2 Å². The van der Waals surface area contributed by atoms with Crippen molar-refractivity contribution in [2.24, 2.45) is 0 Å². The summed E-state index contributed by atoms with van der Waals surface area (Å²) in [6, 6.07) is 6.17. The van der Waals surface area contributed by atoms with Gasteiger partial charge in [-0.05, 0) is 40.2 Å². The first-order chi connectivity index (χ1) is 17.9. The molecule has 226 valence electrons. The highest BCUT2D eigenvalue weighted by Gasteiger charge is 2.32. The molecule has 2 aromatic rings. The Hall–Kier alpha value is -2.94. The van der Waals surface area contributed by atoms with E-state index in [2.05, 4.69) is 0 Å². The molecule has 0 heterocycles. The van der Waals surface area contributed by atoms with Gasteiger partial charge in [-0.3, -0.25) is 10.1 Å². The van der Waals surface area contributed by atoms with Crippen molar-refractivity contribution in [2.75, 3.05) is 48.1 Å². The van der Waals surface area contributed by atoms with E-state index >= 15 is 0 Å². The van der Waals surface area contributed by atoms with Gasteiger partial charge < -0.3 is 15.2 Å². The van der Waals surface area contributed by atoms with Crippen LogP contribution in [0.4, 0.5) is 11.4 Å². The predicted octanol–water partition coefficient (Wildman–Crippen LogP) is 3.98. The van der Waals surface area contributed by atoms with Crippen molar-refractivity contribution >= 4 is 31.4 Å². The van der Waals surface area contributed by atoms with Crippen molar-refractivity contribution in [3.63, 3.8) is 0 Å². The minimum absolute atomic E-state index is 0.102. The Morgan fingerprint density at radius 2 is 1.07 bits per heavy atom. The maximum absolute atomic E-state index is 12.4. The Kier molecular flexibility index (Phi) is 10.8. The molecule has 0 unspecified atom stereocenters. The van der Waals surface area contributed by atoms with Crippen LogP contribution >= 0.6 is 0 Å². The van der Waals surface area contributed by atoms with E-state index in [4.69, 9.17) is 15.2 Å². The number of anilines is 1. The van der Waals surface area contributed by atoms with Crippen LogP contribution in [0.2, 0.25) is 0 Å². The molecule has 0 saturated carbocycles. The molecule has 0 aliphatic rings. The van der Waals surface area contributed by atoms with Crippen LogP contribution in [0.15, 0.2) is 34.1 Å². The molecule has 0 fully saturated rings. The Morgan fingerprint density at radius 1 is 0.725 bits per heavy atom. The largest absolute Gasteiger partial charge is 0.493 e. The minimum atomic E-state index is -3.85. The number of methoxy groups -OCH3 is 2. The quantitative estimate of drug-likeness (QED) is 0.281. The zero-order chi connectivity index (χ0) is 31.6. The molecule has 0 aromatic heterocycles. The minimum Gasteiger partial charge on any atom is -0.493 e. The lowest BCUT2D eigenvalue weighted by Crippen LogP contribution is -2.24. The van der Waals surface area contributed by atoms with Gasteiger partial charge in [-0.1, -0.05) is 41.5 Å². The number of hydrogen-bond acceptors (Lipinski definition) is 9. The summed E-state index contributed by atoms with van der Waals surface area (Å²) in [7, 11) is 0.871. The second-order valence-corrected chi connectivity index (χ2v) is 15.7. The Morgan fingerprint density at radius 3 is 1.38 bits per heavy atom. The normalized spacial score (nSPS) is 12.7. The Bertz CT molecular complexity index is 1450. The molecular formula is C26H42N4O8S2. The van der Waals surface area contributed by atoms with E-state index in [-0.39, 0.29) is 32.4 Å². The molecule has 0 aliphatic heterocycles. The van der Waals surface area contributed by atoms with Gasteiger partial charge in [0.25, 0.3) is 0 Å². The van der Waals surface area contributed by atoms with Crippen molar-refractivity contribution in [3.8, 4) is 11.5 Å². The standard InChI is InChI=1S/C13H20N2O5S.C13H22N2O3S/c1-13(2,3)9-7-10(15(16)17)12(20-6)11(8-9)21(18,19)14(4)5;1-13(2,3)9-7-10(14)12(18-6)11(8-9)19(16,17)15(4)5/h7-8H,1-6H3;7-8H,14H2,1-6H3. The van der Waals surface area contributed by atoms with Crippen LogP contribution < -0.4 is 15.2 Å². The van der Waals surface area contributed by atoms with Crippen LogP contribution in [0.25, 0.3) is 0 Å². The van der Waals surface area contributed by atoms with E-state index in [0.717, 1.165) is 14.2 Å². The topological polar surface area (TPSA) is 162 Å². The molecule has 12 nitrogen and oxygen atoms in total. The fourth-order valence-electron chi connectivity index (χ4n) is 3.41. The summed E-state index contributed by atoms with van der Waals surface area (Å²) < 4.78 is 61.7. The summed E-state index contributed by atoms with van der Waals surface area (Å²) in [5.41, 5.74) is 6.66. The molecule has 2 rings (SSSR count). The maximum atomic E-state index is 12.4. The molecular weight excluding hydrogens is 560 g/mol. The second-order valence-electron chi connectivity index (χ2n) is 11.5. The summed E-state index contributed by atoms with van der Waals surface area (Å²) in [6.07, 6.45) is 0. The van der Waals surface area contributed by atoms with Crippen LogP contribution in [-0.2, 0) is 30.9 Å². The average molecular weight is 603 g/mol. The van der Waals surface area contributed by atoms with E-state index < -0.39 is 30.4 Å². The van der Waals surface area contributed by atoms with E-state index in [1.165, 1.54) is 54.5 Å². The third-order valence-electron chi connectivity index (χ3n) is 5.97. The number of hydrogen-bond donors (Lipinski definition) is 1. The van der Waals surface area contributed by atoms with Gasteiger partial charge in [-0.15, -0.1) is 0 Å². The van der Waals surface area contributed by atoms with Crippen molar-refractivity contribution in [1.29, 1.82) is 0 Å².